The predicted molar refractivity (Wildman–Crippen MR) is 91.6 cm³/mol. The van der Waals surface area contributed by atoms with Gasteiger partial charge in [-0.25, -0.2) is 10.0 Å². The van der Waals surface area contributed by atoms with Crippen molar-refractivity contribution in [2.45, 2.75) is 39.7 Å². The highest BCUT2D eigenvalue weighted by molar-refractivity contribution is 5.93. The van der Waals surface area contributed by atoms with E-state index in [-0.39, 0.29) is 17.6 Å². The minimum atomic E-state index is -0.516. The highest BCUT2D eigenvalue weighted by Crippen LogP contribution is 2.17. The summed E-state index contributed by atoms with van der Waals surface area (Å²) in [6, 6.07) is 9.49. The molecule has 0 saturated heterocycles. The summed E-state index contributed by atoms with van der Waals surface area (Å²) in [5.41, 5.74) is 0.570. The maximum Gasteiger partial charge on any atom is 0.284 e. The molecule has 1 amide bonds. The molecule has 0 aliphatic heterocycles. The Labute approximate surface area is 141 Å². The van der Waals surface area contributed by atoms with Gasteiger partial charge < -0.3 is 4.98 Å². The fraction of sp³-hybridized carbons (Fsp3) is 0.389. The highest BCUT2D eigenvalue weighted by atomic mass is 16.7. The molecule has 1 N–H and O–H groups in total. The van der Waals surface area contributed by atoms with E-state index in [9.17, 15) is 9.59 Å². The number of nitrogens with one attached hydrogen (secondary N) is 1. The van der Waals surface area contributed by atoms with E-state index in [1.54, 1.807) is 6.92 Å². The average Bonchev–Trinajstić information content (AvgIpc) is 2.51. The fourth-order valence-electron chi connectivity index (χ4n) is 2.15. The predicted octanol–water partition coefficient (Wildman–Crippen LogP) is 2.58. The molecular formula is C18H23N3O3. The summed E-state index contributed by atoms with van der Waals surface area (Å²) in [5, 5.41) is 1.07. The van der Waals surface area contributed by atoms with Crippen LogP contribution in [0.2, 0.25) is 0 Å². The van der Waals surface area contributed by atoms with Crippen LogP contribution in [0, 0.1) is 6.92 Å². The Morgan fingerprint density at radius 2 is 1.88 bits per heavy atom. The number of hydrogen-bond acceptors (Lipinski definition) is 4. The number of nitrogens with zero attached hydrogens (tertiary/aromatic N) is 2. The number of benzene rings is 1. The highest BCUT2D eigenvalue weighted by Gasteiger charge is 2.24. The number of aromatic amines is 1. The second kappa shape index (κ2) is 6.97. The van der Waals surface area contributed by atoms with Gasteiger partial charge in [-0.1, -0.05) is 51.1 Å². The van der Waals surface area contributed by atoms with Gasteiger partial charge in [-0.05, 0) is 12.5 Å². The summed E-state index contributed by atoms with van der Waals surface area (Å²) in [5.74, 6) is 0.0343. The molecule has 0 radical (unpaired) electrons. The molecule has 24 heavy (non-hydrogen) atoms. The Morgan fingerprint density at radius 3 is 2.42 bits per heavy atom. The van der Waals surface area contributed by atoms with Gasteiger partial charge in [0.25, 0.3) is 11.5 Å². The Hall–Kier alpha value is -2.47. The smallest absolute Gasteiger partial charge is 0.284 e. The molecule has 2 rings (SSSR count). The van der Waals surface area contributed by atoms with E-state index in [4.69, 9.17) is 4.84 Å². The average molecular weight is 329 g/mol. The van der Waals surface area contributed by atoms with Crippen molar-refractivity contribution < 1.29 is 9.63 Å². The van der Waals surface area contributed by atoms with E-state index in [0.717, 1.165) is 10.6 Å². The molecular weight excluding hydrogens is 306 g/mol. The summed E-state index contributed by atoms with van der Waals surface area (Å²) < 4.78 is 0. The summed E-state index contributed by atoms with van der Waals surface area (Å²) in [7, 11) is 1.49. The summed E-state index contributed by atoms with van der Waals surface area (Å²) >= 11 is 0. The SMILES string of the molecule is Cc1nc(C(C)(C)C)[nH]c(=O)c1C(=O)N(C)OCc1ccccc1. The first-order valence-electron chi connectivity index (χ1n) is 7.76. The van der Waals surface area contributed by atoms with Crippen LogP contribution in [-0.4, -0.2) is 28.0 Å². The standard InChI is InChI=1S/C18H23N3O3/c1-12-14(15(22)20-17(19-12)18(2,3)4)16(23)21(5)24-11-13-9-7-6-8-10-13/h6-10H,11H2,1-5H3,(H,19,20,22). The largest absolute Gasteiger partial charge is 0.309 e. The molecule has 2 aromatic rings. The van der Waals surface area contributed by atoms with E-state index in [1.165, 1.54) is 7.05 Å². The van der Waals surface area contributed by atoms with Crippen molar-refractivity contribution in [2.24, 2.45) is 0 Å². The molecule has 0 aliphatic carbocycles. The fourth-order valence-corrected chi connectivity index (χ4v) is 2.15. The van der Waals surface area contributed by atoms with Gasteiger partial charge in [0.1, 0.15) is 18.0 Å². The first-order valence-corrected chi connectivity index (χ1v) is 7.76. The van der Waals surface area contributed by atoms with E-state index in [0.29, 0.717) is 11.5 Å². The van der Waals surface area contributed by atoms with Crippen molar-refractivity contribution in [3.63, 3.8) is 0 Å². The molecule has 1 aromatic carbocycles. The molecule has 6 heteroatoms. The van der Waals surface area contributed by atoms with Crippen LogP contribution in [0.3, 0.4) is 0 Å². The van der Waals surface area contributed by atoms with Crippen LogP contribution in [0.25, 0.3) is 0 Å². The van der Waals surface area contributed by atoms with Gasteiger partial charge in [-0.15, -0.1) is 0 Å². The number of rotatable bonds is 4. The van der Waals surface area contributed by atoms with Gasteiger partial charge in [0, 0.05) is 12.5 Å². The molecule has 0 spiro atoms. The maximum atomic E-state index is 12.5. The second-order valence-electron chi connectivity index (χ2n) is 6.69. The number of carbonyl (C=O) groups is 1. The molecule has 1 heterocycles. The molecule has 0 bridgehead atoms. The van der Waals surface area contributed by atoms with Gasteiger partial charge in [-0.3, -0.25) is 14.4 Å². The van der Waals surface area contributed by atoms with E-state index < -0.39 is 11.5 Å². The lowest BCUT2D eigenvalue weighted by Gasteiger charge is -2.20. The third-order valence-corrected chi connectivity index (χ3v) is 3.58. The minimum absolute atomic E-state index is 0.00133. The van der Waals surface area contributed by atoms with Crippen molar-refractivity contribution in [3.05, 3.63) is 63.3 Å². The number of aromatic nitrogens is 2. The molecule has 0 unspecified atom stereocenters. The lowest BCUT2D eigenvalue weighted by Crippen LogP contribution is -2.35. The number of carbonyl (C=O) groups excluding carboxylic acids is 1. The van der Waals surface area contributed by atoms with E-state index in [1.807, 2.05) is 51.1 Å². The van der Waals surface area contributed by atoms with Crippen molar-refractivity contribution in [3.8, 4) is 0 Å². The molecule has 0 atom stereocenters. The van der Waals surface area contributed by atoms with Crippen LogP contribution in [0.5, 0.6) is 0 Å². The zero-order valence-corrected chi connectivity index (χ0v) is 14.7. The van der Waals surface area contributed by atoms with Crippen LogP contribution in [-0.2, 0) is 16.9 Å². The zero-order chi connectivity index (χ0) is 17.9. The Morgan fingerprint density at radius 1 is 1.25 bits per heavy atom. The van der Waals surface area contributed by atoms with Gasteiger partial charge in [0.05, 0.1) is 5.69 Å². The number of aryl methyl sites for hydroxylation is 1. The Kier molecular flexibility index (Phi) is 5.19. The van der Waals surface area contributed by atoms with Crippen LogP contribution in [0.1, 0.15) is 48.2 Å². The van der Waals surface area contributed by atoms with Crippen molar-refractivity contribution in [1.82, 2.24) is 15.0 Å². The molecule has 1 aromatic heterocycles. The van der Waals surface area contributed by atoms with Crippen LogP contribution < -0.4 is 5.56 Å². The summed E-state index contributed by atoms with van der Waals surface area (Å²) in [6.45, 7) is 7.74. The van der Waals surface area contributed by atoms with E-state index >= 15 is 0 Å². The molecule has 0 saturated carbocycles. The minimum Gasteiger partial charge on any atom is -0.309 e. The first-order chi connectivity index (χ1) is 11.2. The Balaban J connectivity index is 2.18. The third-order valence-electron chi connectivity index (χ3n) is 3.58. The van der Waals surface area contributed by atoms with E-state index in [2.05, 4.69) is 9.97 Å². The normalized spacial score (nSPS) is 11.4. The third kappa shape index (κ3) is 4.08. The maximum absolute atomic E-state index is 12.5. The zero-order valence-electron chi connectivity index (χ0n) is 14.7. The topological polar surface area (TPSA) is 75.3 Å². The number of hydrogen-bond donors (Lipinski definition) is 1. The van der Waals surface area contributed by atoms with Gasteiger partial charge >= 0.3 is 0 Å². The Bertz CT molecular complexity index is 776. The summed E-state index contributed by atoms with van der Waals surface area (Å²) in [6.07, 6.45) is 0. The first kappa shape index (κ1) is 17.9. The lowest BCUT2D eigenvalue weighted by atomic mass is 9.95. The lowest BCUT2D eigenvalue weighted by molar-refractivity contribution is -0.116. The van der Waals surface area contributed by atoms with Gasteiger partial charge in [0.2, 0.25) is 0 Å². The second-order valence-corrected chi connectivity index (χ2v) is 6.69. The summed E-state index contributed by atoms with van der Waals surface area (Å²) in [4.78, 5) is 37.4. The quantitative estimate of drug-likeness (QED) is 0.875. The molecule has 6 nitrogen and oxygen atoms in total. The van der Waals surface area contributed by atoms with Crippen LogP contribution in [0.15, 0.2) is 35.1 Å². The van der Waals surface area contributed by atoms with Crippen LogP contribution >= 0.6 is 0 Å². The number of hydroxylamine groups is 2. The number of amides is 1. The van der Waals surface area contributed by atoms with Crippen molar-refractivity contribution in [1.29, 1.82) is 0 Å². The molecule has 0 fully saturated rings. The number of H-pyrrole nitrogens is 1. The van der Waals surface area contributed by atoms with Crippen LogP contribution in [0.4, 0.5) is 0 Å². The molecule has 0 aliphatic rings. The van der Waals surface area contributed by atoms with Gasteiger partial charge in [-0.2, -0.15) is 0 Å². The molecule has 128 valence electrons. The van der Waals surface area contributed by atoms with Crippen molar-refractivity contribution in [2.75, 3.05) is 7.05 Å². The monoisotopic (exact) mass is 329 g/mol. The van der Waals surface area contributed by atoms with Crippen molar-refractivity contribution >= 4 is 5.91 Å². The van der Waals surface area contributed by atoms with Gasteiger partial charge in [0.15, 0.2) is 0 Å².